The van der Waals surface area contributed by atoms with Crippen LogP contribution in [0, 0.1) is 6.92 Å². The van der Waals surface area contributed by atoms with Gasteiger partial charge in [-0.2, -0.15) is 4.98 Å². The maximum absolute atomic E-state index is 6.12. The number of rotatable bonds is 4. The van der Waals surface area contributed by atoms with Gasteiger partial charge in [0.25, 0.3) is 0 Å². The lowest BCUT2D eigenvalue weighted by Gasteiger charge is -2.12. The molecule has 20 heavy (non-hydrogen) atoms. The van der Waals surface area contributed by atoms with Gasteiger partial charge >= 0.3 is 0 Å². The lowest BCUT2D eigenvalue weighted by atomic mass is 10.2. The van der Waals surface area contributed by atoms with Crippen molar-refractivity contribution in [1.29, 1.82) is 0 Å². The van der Waals surface area contributed by atoms with Crippen molar-refractivity contribution < 1.29 is 4.74 Å². The van der Waals surface area contributed by atoms with Gasteiger partial charge in [0.1, 0.15) is 11.6 Å². The fourth-order valence-electron chi connectivity index (χ4n) is 1.82. The van der Waals surface area contributed by atoms with Crippen LogP contribution < -0.4 is 10.5 Å². The molecule has 0 saturated heterocycles. The highest BCUT2D eigenvalue weighted by Gasteiger charge is 2.11. The molecule has 1 heterocycles. The Morgan fingerprint density at radius 2 is 2.05 bits per heavy atom. The average molecular weight is 292 g/mol. The first kappa shape index (κ1) is 14.8. The standard InChI is InChI=1S/C15H18ClN3O/c1-9(2)15-18-10(3)7-14(19-15)20-13-6-4-5-12(16)11(13)8-17/h4-7,9H,8,17H2,1-3H3. The smallest absolute Gasteiger partial charge is 0.222 e. The fraction of sp³-hybridized carbons (Fsp3) is 0.333. The summed E-state index contributed by atoms with van der Waals surface area (Å²) in [5.74, 6) is 2.15. The van der Waals surface area contributed by atoms with Gasteiger partial charge in [-0.3, -0.25) is 0 Å². The second-order valence-electron chi connectivity index (χ2n) is 4.88. The second kappa shape index (κ2) is 6.20. The molecule has 0 bridgehead atoms. The predicted molar refractivity (Wildman–Crippen MR) is 80.3 cm³/mol. The van der Waals surface area contributed by atoms with E-state index in [0.717, 1.165) is 17.1 Å². The Morgan fingerprint density at radius 3 is 2.70 bits per heavy atom. The number of nitrogens with zero attached hydrogens (tertiary/aromatic N) is 2. The van der Waals surface area contributed by atoms with E-state index in [1.54, 1.807) is 12.1 Å². The van der Waals surface area contributed by atoms with Crippen molar-refractivity contribution in [3.05, 3.63) is 46.4 Å². The first-order chi connectivity index (χ1) is 9.51. The van der Waals surface area contributed by atoms with E-state index >= 15 is 0 Å². The van der Waals surface area contributed by atoms with E-state index in [0.29, 0.717) is 23.2 Å². The maximum Gasteiger partial charge on any atom is 0.222 e. The summed E-state index contributed by atoms with van der Waals surface area (Å²) in [6, 6.07) is 7.25. The van der Waals surface area contributed by atoms with Crippen LogP contribution in [0.1, 0.15) is 36.8 Å². The Labute approximate surface area is 124 Å². The molecule has 5 heteroatoms. The lowest BCUT2D eigenvalue weighted by Crippen LogP contribution is -2.04. The highest BCUT2D eigenvalue weighted by Crippen LogP contribution is 2.29. The van der Waals surface area contributed by atoms with Crippen LogP contribution in [-0.2, 0) is 6.54 Å². The Kier molecular flexibility index (Phi) is 4.57. The molecular weight excluding hydrogens is 274 g/mol. The van der Waals surface area contributed by atoms with Gasteiger partial charge in [-0.1, -0.05) is 31.5 Å². The SMILES string of the molecule is Cc1cc(Oc2cccc(Cl)c2CN)nc(C(C)C)n1. The Morgan fingerprint density at radius 1 is 1.30 bits per heavy atom. The molecule has 4 nitrogen and oxygen atoms in total. The van der Waals surface area contributed by atoms with Gasteiger partial charge < -0.3 is 10.5 Å². The van der Waals surface area contributed by atoms with Crippen LogP contribution in [0.2, 0.25) is 5.02 Å². The highest BCUT2D eigenvalue weighted by atomic mass is 35.5. The van der Waals surface area contributed by atoms with Gasteiger partial charge in [-0.25, -0.2) is 4.98 Å². The van der Waals surface area contributed by atoms with Crippen LogP contribution in [-0.4, -0.2) is 9.97 Å². The Hall–Kier alpha value is -1.65. The van der Waals surface area contributed by atoms with Gasteiger partial charge in [0.2, 0.25) is 5.88 Å². The zero-order valence-corrected chi connectivity index (χ0v) is 12.6. The molecule has 0 amide bonds. The predicted octanol–water partition coefficient (Wildman–Crippen LogP) is 3.81. The fourth-order valence-corrected chi connectivity index (χ4v) is 2.06. The number of benzene rings is 1. The molecule has 0 radical (unpaired) electrons. The molecule has 0 spiro atoms. The van der Waals surface area contributed by atoms with Crippen molar-refractivity contribution in [3.63, 3.8) is 0 Å². The van der Waals surface area contributed by atoms with E-state index in [1.165, 1.54) is 0 Å². The van der Waals surface area contributed by atoms with Crippen molar-refractivity contribution >= 4 is 11.6 Å². The summed E-state index contributed by atoms with van der Waals surface area (Å²) in [6.07, 6.45) is 0. The first-order valence-corrected chi connectivity index (χ1v) is 6.90. The Bertz CT molecular complexity index is 614. The van der Waals surface area contributed by atoms with Crippen LogP contribution in [0.4, 0.5) is 0 Å². The normalized spacial score (nSPS) is 10.9. The van der Waals surface area contributed by atoms with Gasteiger partial charge in [0, 0.05) is 34.8 Å². The Balaban J connectivity index is 2.37. The number of hydrogen-bond donors (Lipinski definition) is 1. The summed E-state index contributed by atoms with van der Waals surface area (Å²) < 4.78 is 5.84. The zero-order valence-electron chi connectivity index (χ0n) is 11.9. The van der Waals surface area contributed by atoms with Crippen LogP contribution in [0.5, 0.6) is 11.6 Å². The number of aromatic nitrogens is 2. The number of nitrogens with two attached hydrogens (primary N) is 1. The van der Waals surface area contributed by atoms with E-state index < -0.39 is 0 Å². The van der Waals surface area contributed by atoms with Gasteiger partial charge in [-0.05, 0) is 19.1 Å². The molecular formula is C15H18ClN3O. The third-order valence-electron chi connectivity index (χ3n) is 2.86. The summed E-state index contributed by atoms with van der Waals surface area (Å²) in [5, 5.41) is 0.597. The van der Waals surface area contributed by atoms with Gasteiger partial charge in [0.15, 0.2) is 0 Å². The van der Waals surface area contributed by atoms with Crippen molar-refractivity contribution in [2.24, 2.45) is 5.73 Å². The van der Waals surface area contributed by atoms with E-state index in [2.05, 4.69) is 9.97 Å². The van der Waals surface area contributed by atoms with Crippen molar-refractivity contribution in [3.8, 4) is 11.6 Å². The monoisotopic (exact) mass is 291 g/mol. The largest absolute Gasteiger partial charge is 0.439 e. The maximum atomic E-state index is 6.12. The summed E-state index contributed by atoms with van der Waals surface area (Å²) in [7, 11) is 0. The second-order valence-corrected chi connectivity index (χ2v) is 5.29. The first-order valence-electron chi connectivity index (χ1n) is 6.52. The molecule has 1 aromatic carbocycles. The highest BCUT2D eigenvalue weighted by molar-refractivity contribution is 6.31. The third kappa shape index (κ3) is 3.26. The average Bonchev–Trinajstić information content (AvgIpc) is 2.38. The molecule has 0 unspecified atom stereocenters. The summed E-state index contributed by atoms with van der Waals surface area (Å²) in [4.78, 5) is 8.81. The van der Waals surface area contributed by atoms with E-state index in [4.69, 9.17) is 22.1 Å². The molecule has 0 saturated carbocycles. The van der Waals surface area contributed by atoms with Crippen molar-refractivity contribution in [2.75, 3.05) is 0 Å². The van der Waals surface area contributed by atoms with Crippen LogP contribution >= 0.6 is 11.6 Å². The zero-order chi connectivity index (χ0) is 14.7. The molecule has 0 aliphatic rings. The topological polar surface area (TPSA) is 61.0 Å². The summed E-state index contributed by atoms with van der Waals surface area (Å²) >= 11 is 6.12. The van der Waals surface area contributed by atoms with Gasteiger partial charge in [-0.15, -0.1) is 0 Å². The molecule has 106 valence electrons. The minimum Gasteiger partial charge on any atom is -0.439 e. The molecule has 2 N–H and O–H groups in total. The quantitative estimate of drug-likeness (QED) is 0.930. The number of halogens is 1. The number of hydrogen-bond acceptors (Lipinski definition) is 4. The number of aryl methyl sites for hydroxylation is 1. The summed E-state index contributed by atoms with van der Waals surface area (Å²) in [6.45, 7) is 6.32. The summed E-state index contributed by atoms with van der Waals surface area (Å²) in [5.41, 5.74) is 7.36. The third-order valence-corrected chi connectivity index (χ3v) is 3.21. The molecule has 0 atom stereocenters. The van der Waals surface area contributed by atoms with Crippen molar-refractivity contribution in [2.45, 2.75) is 33.2 Å². The van der Waals surface area contributed by atoms with Crippen LogP contribution in [0.15, 0.2) is 24.3 Å². The van der Waals surface area contributed by atoms with Crippen molar-refractivity contribution in [1.82, 2.24) is 9.97 Å². The molecule has 2 aromatic rings. The molecule has 0 aliphatic carbocycles. The van der Waals surface area contributed by atoms with Crippen LogP contribution in [0.25, 0.3) is 0 Å². The van der Waals surface area contributed by atoms with Crippen LogP contribution in [0.3, 0.4) is 0 Å². The molecule has 2 rings (SSSR count). The minimum atomic E-state index is 0.241. The molecule has 1 aromatic heterocycles. The van der Waals surface area contributed by atoms with Gasteiger partial charge in [0.05, 0.1) is 0 Å². The lowest BCUT2D eigenvalue weighted by molar-refractivity contribution is 0.450. The molecule has 0 aliphatic heterocycles. The van der Waals surface area contributed by atoms with E-state index in [9.17, 15) is 0 Å². The molecule has 0 fully saturated rings. The van der Waals surface area contributed by atoms with E-state index in [1.807, 2.05) is 32.9 Å². The number of ether oxygens (including phenoxy) is 1. The minimum absolute atomic E-state index is 0.241. The van der Waals surface area contributed by atoms with E-state index in [-0.39, 0.29) is 5.92 Å².